The van der Waals surface area contributed by atoms with Gasteiger partial charge in [-0.1, -0.05) is 0 Å². The molecule has 2 N–H and O–H groups in total. The largest absolute Gasteiger partial charge is 0.481 e. The van der Waals surface area contributed by atoms with Crippen molar-refractivity contribution < 1.29 is 14.6 Å². The van der Waals surface area contributed by atoms with Crippen LogP contribution in [-0.4, -0.2) is 48.4 Å². The maximum atomic E-state index is 10.9. The van der Waals surface area contributed by atoms with Crippen molar-refractivity contribution in [2.24, 2.45) is 11.3 Å². The zero-order valence-electron chi connectivity index (χ0n) is 8.06. The second-order valence-corrected chi connectivity index (χ2v) is 4.49. The van der Waals surface area contributed by atoms with Gasteiger partial charge in [0.15, 0.2) is 0 Å². The van der Waals surface area contributed by atoms with Crippen LogP contribution >= 0.6 is 0 Å². The molecule has 3 fully saturated rings. The van der Waals surface area contributed by atoms with Crippen molar-refractivity contribution >= 4 is 5.97 Å². The van der Waals surface area contributed by atoms with Gasteiger partial charge in [0.05, 0.1) is 25.2 Å². The summed E-state index contributed by atoms with van der Waals surface area (Å²) >= 11 is 0. The molecule has 4 atom stereocenters. The Kier molecular flexibility index (Phi) is 1.53. The van der Waals surface area contributed by atoms with E-state index in [4.69, 9.17) is 9.84 Å². The predicted octanol–water partition coefficient (Wildman–Crippen LogP) is -0.705. The van der Waals surface area contributed by atoms with E-state index >= 15 is 0 Å². The molecule has 0 aromatic rings. The van der Waals surface area contributed by atoms with Crippen molar-refractivity contribution in [3.63, 3.8) is 0 Å². The van der Waals surface area contributed by atoms with E-state index < -0.39 is 5.97 Å². The molecule has 3 rings (SSSR count). The third kappa shape index (κ3) is 0.711. The molecule has 0 aromatic heterocycles. The van der Waals surface area contributed by atoms with E-state index in [1.165, 1.54) is 0 Å². The summed E-state index contributed by atoms with van der Waals surface area (Å²) in [6.07, 6.45) is 0.788. The van der Waals surface area contributed by atoms with Gasteiger partial charge in [-0.15, -0.1) is 0 Å². The molecule has 3 aliphatic rings. The number of aliphatic carboxylic acids is 1. The normalized spacial score (nSPS) is 50.2. The smallest absolute Gasteiger partial charge is 0.308 e. The number of hydrogen-bond donors (Lipinski definition) is 2. The zero-order chi connectivity index (χ0) is 9.92. The molecular formula is C9H14N2O3. The van der Waals surface area contributed by atoms with Crippen molar-refractivity contribution in [2.75, 3.05) is 20.3 Å². The van der Waals surface area contributed by atoms with E-state index in [0.717, 1.165) is 19.6 Å². The number of carboxylic acid groups (broad SMARTS) is 1. The van der Waals surface area contributed by atoms with Gasteiger partial charge >= 0.3 is 5.97 Å². The number of nitrogens with zero attached hydrogens (tertiary/aromatic N) is 1. The molecule has 78 valence electrons. The van der Waals surface area contributed by atoms with E-state index in [1.54, 1.807) is 0 Å². The van der Waals surface area contributed by atoms with Crippen LogP contribution in [0.25, 0.3) is 0 Å². The van der Waals surface area contributed by atoms with Gasteiger partial charge in [-0.25, -0.2) is 5.01 Å². The number of hydrazine groups is 1. The number of rotatable bonds is 2. The van der Waals surface area contributed by atoms with Crippen LogP contribution < -0.4 is 5.43 Å². The predicted molar refractivity (Wildman–Crippen MR) is 47.5 cm³/mol. The van der Waals surface area contributed by atoms with E-state index in [-0.39, 0.29) is 17.4 Å². The number of carboxylic acids is 1. The Balaban J connectivity index is 1.84. The third-order valence-corrected chi connectivity index (χ3v) is 4.09. The number of carbonyl (C=O) groups is 1. The van der Waals surface area contributed by atoms with Crippen LogP contribution in [0, 0.1) is 11.3 Å². The minimum absolute atomic E-state index is 0.150. The van der Waals surface area contributed by atoms with E-state index in [2.05, 4.69) is 10.4 Å². The van der Waals surface area contributed by atoms with Gasteiger partial charge in [0, 0.05) is 11.5 Å². The summed E-state index contributed by atoms with van der Waals surface area (Å²) in [7, 11) is 1.85. The van der Waals surface area contributed by atoms with Crippen LogP contribution in [0.15, 0.2) is 0 Å². The third-order valence-electron chi connectivity index (χ3n) is 4.09. The van der Waals surface area contributed by atoms with Gasteiger partial charge in [0.25, 0.3) is 0 Å². The molecule has 5 heteroatoms. The van der Waals surface area contributed by atoms with Gasteiger partial charge in [-0.05, 0) is 13.5 Å². The molecule has 2 heterocycles. The first-order valence-corrected chi connectivity index (χ1v) is 4.97. The summed E-state index contributed by atoms with van der Waals surface area (Å²) < 4.78 is 5.44. The first-order chi connectivity index (χ1) is 6.70. The van der Waals surface area contributed by atoms with Gasteiger partial charge in [-0.3, -0.25) is 10.2 Å². The molecule has 2 saturated heterocycles. The van der Waals surface area contributed by atoms with E-state index in [9.17, 15) is 4.79 Å². The van der Waals surface area contributed by atoms with Crippen molar-refractivity contribution in [2.45, 2.75) is 18.5 Å². The topological polar surface area (TPSA) is 61.8 Å². The van der Waals surface area contributed by atoms with Gasteiger partial charge in [0.1, 0.15) is 0 Å². The minimum atomic E-state index is -0.675. The summed E-state index contributed by atoms with van der Waals surface area (Å²) in [5.41, 5.74) is 3.23. The molecule has 1 saturated carbocycles. The van der Waals surface area contributed by atoms with Crippen LogP contribution in [0.4, 0.5) is 0 Å². The lowest BCUT2D eigenvalue weighted by atomic mass is 9.49. The Morgan fingerprint density at radius 2 is 2.50 bits per heavy atom. The maximum absolute atomic E-state index is 10.9. The lowest BCUT2D eigenvalue weighted by Gasteiger charge is -2.68. The summed E-state index contributed by atoms with van der Waals surface area (Å²) in [6, 6.07) is 0.547. The maximum Gasteiger partial charge on any atom is 0.308 e. The lowest BCUT2D eigenvalue weighted by Crippen LogP contribution is -2.83. The van der Waals surface area contributed by atoms with Crippen LogP contribution in [0.2, 0.25) is 0 Å². The zero-order valence-corrected chi connectivity index (χ0v) is 8.06. The summed E-state index contributed by atoms with van der Waals surface area (Å²) in [5, 5.41) is 11.0. The van der Waals surface area contributed by atoms with Gasteiger partial charge in [0.2, 0.25) is 0 Å². The van der Waals surface area contributed by atoms with Gasteiger partial charge < -0.3 is 9.84 Å². The Bertz CT molecular complexity index is 296. The highest BCUT2D eigenvalue weighted by atomic mass is 16.5. The van der Waals surface area contributed by atoms with E-state index in [0.29, 0.717) is 6.04 Å². The molecule has 0 amide bonds. The molecule has 1 aliphatic carbocycles. The SMILES string of the molecule is CNN1C2COCC23CC(C(=O)O)C13. The van der Waals surface area contributed by atoms with Crippen LogP contribution in [-0.2, 0) is 9.53 Å². The summed E-state index contributed by atoms with van der Waals surface area (Å²) in [6.45, 7) is 1.48. The first kappa shape index (κ1) is 8.64. The molecule has 5 nitrogen and oxygen atoms in total. The fourth-order valence-corrected chi connectivity index (χ4v) is 3.44. The number of hydrogen-bond acceptors (Lipinski definition) is 4. The van der Waals surface area contributed by atoms with Crippen molar-refractivity contribution in [1.29, 1.82) is 0 Å². The Labute approximate surface area is 82.0 Å². The second kappa shape index (κ2) is 2.48. The Hall–Kier alpha value is -0.650. The highest BCUT2D eigenvalue weighted by Gasteiger charge is 2.74. The fraction of sp³-hybridized carbons (Fsp3) is 0.889. The molecule has 0 bridgehead atoms. The molecule has 4 unspecified atom stereocenters. The molecule has 14 heavy (non-hydrogen) atoms. The molecule has 2 aliphatic heterocycles. The summed E-state index contributed by atoms with van der Waals surface area (Å²) in [4.78, 5) is 10.9. The quantitative estimate of drug-likeness (QED) is 0.614. The second-order valence-electron chi connectivity index (χ2n) is 4.49. The van der Waals surface area contributed by atoms with Crippen LogP contribution in [0.3, 0.4) is 0 Å². The van der Waals surface area contributed by atoms with Crippen molar-refractivity contribution in [3.05, 3.63) is 0 Å². The Morgan fingerprint density at radius 1 is 1.71 bits per heavy atom. The summed E-state index contributed by atoms with van der Waals surface area (Å²) in [5.74, 6) is -0.883. The van der Waals surface area contributed by atoms with Crippen LogP contribution in [0.5, 0.6) is 0 Å². The van der Waals surface area contributed by atoms with Crippen LogP contribution in [0.1, 0.15) is 6.42 Å². The van der Waals surface area contributed by atoms with Gasteiger partial charge in [-0.2, -0.15) is 0 Å². The standard InChI is InChI=1S/C9H14N2O3/c1-10-11-6-3-14-4-9(6)2-5(7(9)11)8(12)13/h5-7,10H,2-4H2,1H3,(H,12,13). The van der Waals surface area contributed by atoms with Crippen molar-refractivity contribution in [3.8, 4) is 0 Å². The average Bonchev–Trinajstić information content (AvgIpc) is 2.52. The number of piperidine rings is 1. The molecule has 0 radical (unpaired) electrons. The highest BCUT2D eigenvalue weighted by Crippen LogP contribution is 2.62. The first-order valence-electron chi connectivity index (χ1n) is 4.97. The highest BCUT2D eigenvalue weighted by molar-refractivity contribution is 5.73. The number of nitrogens with one attached hydrogen (secondary N) is 1. The monoisotopic (exact) mass is 198 g/mol. The molecule has 1 spiro atoms. The number of ether oxygens (including phenoxy) is 1. The Morgan fingerprint density at radius 3 is 3.14 bits per heavy atom. The lowest BCUT2D eigenvalue weighted by molar-refractivity contribution is -0.241. The molecule has 0 aromatic carbocycles. The minimum Gasteiger partial charge on any atom is -0.481 e. The van der Waals surface area contributed by atoms with E-state index in [1.807, 2.05) is 7.05 Å². The van der Waals surface area contributed by atoms with Crippen molar-refractivity contribution in [1.82, 2.24) is 10.4 Å². The molecular weight excluding hydrogens is 184 g/mol. The fourth-order valence-electron chi connectivity index (χ4n) is 3.44. The average molecular weight is 198 g/mol.